The van der Waals surface area contributed by atoms with Crippen LogP contribution in [0.4, 0.5) is 11.4 Å². The Morgan fingerprint density at radius 2 is 1.34 bits per heavy atom. The van der Waals surface area contributed by atoms with Crippen molar-refractivity contribution in [3.63, 3.8) is 0 Å². The smallest absolute Gasteiger partial charge is 0.255 e. The van der Waals surface area contributed by atoms with Crippen LogP contribution in [0.2, 0.25) is 0 Å². The lowest BCUT2D eigenvalue weighted by Gasteiger charge is -2.34. The van der Waals surface area contributed by atoms with Crippen LogP contribution in [0.3, 0.4) is 0 Å². The van der Waals surface area contributed by atoms with Crippen LogP contribution in [0, 0.1) is 13.8 Å². The van der Waals surface area contributed by atoms with Crippen LogP contribution < -0.4 is 10.6 Å². The third-order valence-electron chi connectivity index (χ3n) is 6.20. The Bertz CT molecular complexity index is 1180. The van der Waals surface area contributed by atoms with E-state index in [9.17, 15) is 14.4 Å². The highest BCUT2D eigenvalue weighted by atomic mass is 16.2. The monoisotopic (exact) mass is 470 g/mol. The van der Waals surface area contributed by atoms with Crippen LogP contribution in [0.25, 0.3) is 0 Å². The third kappa shape index (κ3) is 6.13. The Balaban J connectivity index is 1.26. The van der Waals surface area contributed by atoms with Gasteiger partial charge in [0.1, 0.15) is 0 Å². The van der Waals surface area contributed by atoms with Crippen molar-refractivity contribution in [1.82, 2.24) is 9.80 Å². The molecular weight excluding hydrogens is 440 g/mol. The largest absolute Gasteiger partial charge is 0.336 e. The van der Waals surface area contributed by atoms with Gasteiger partial charge < -0.3 is 15.5 Å². The molecule has 3 aromatic rings. The van der Waals surface area contributed by atoms with Crippen molar-refractivity contribution in [2.75, 3.05) is 43.4 Å². The summed E-state index contributed by atoms with van der Waals surface area (Å²) < 4.78 is 0. The van der Waals surface area contributed by atoms with E-state index in [0.717, 1.165) is 16.8 Å². The number of carbonyl (C=O) groups is 3. The lowest BCUT2D eigenvalue weighted by Crippen LogP contribution is -2.50. The molecule has 4 rings (SSSR count). The maximum absolute atomic E-state index is 12.9. The van der Waals surface area contributed by atoms with Crippen LogP contribution >= 0.6 is 0 Å². The van der Waals surface area contributed by atoms with Crippen LogP contribution in [0.15, 0.2) is 72.8 Å². The normalized spacial score (nSPS) is 13.8. The predicted octanol–water partition coefficient (Wildman–Crippen LogP) is 3.95. The Hall–Kier alpha value is -3.97. The Morgan fingerprint density at radius 3 is 1.97 bits per heavy atom. The van der Waals surface area contributed by atoms with E-state index >= 15 is 0 Å². The molecule has 3 amide bonds. The summed E-state index contributed by atoms with van der Waals surface area (Å²) >= 11 is 0. The first-order chi connectivity index (χ1) is 16.9. The minimum atomic E-state index is -0.192. The average molecular weight is 471 g/mol. The number of rotatable bonds is 6. The van der Waals surface area contributed by atoms with Gasteiger partial charge in [0.2, 0.25) is 5.91 Å². The minimum Gasteiger partial charge on any atom is -0.336 e. The zero-order chi connectivity index (χ0) is 24.8. The summed E-state index contributed by atoms with van der Waals surface area (Å²) in [5, 5.41) is 5.87. The number of aryl methyl sites for hydroxylation is 2. The van der Waals surface area contributed by atoms with Crippen molar-refractivity contribution >= 4 is 29.1 Å². The molecule has 35 heavy (non-hydrogen) atoms. The first kappa shape index (κ1) is 24.2. The van der Waals surface area contributed by atoms with Crippen molar-refractivity contribution in [3.8, 4) is 0 Å². The van der Waals surface area contributed by atoms with E-state index in [1.165, 1.54) is 0 Å². The maximum Gasteiger partial charge on any atom is 0.255 e. The topological polar surface area (TPSA) is 81.8 Å². The Labute approximate surface area is 205 Å². The van der Waals surface area contributed by atoms with Gasteiger partial charge in [-0.3, -0.25) is 19.3 Å². The molecule has 2 N–H and O–H groups in total. The average Bonchev–Trinajstić information content (AvgIpc) is 2.87. The molecule has 1 saturated heterocycles. The molecule has 0 atom stereocenters. The van der Waals surface area contributed by atoms with Crippen LogP contribution in [0.5, 0.6) is 0 Å². The zero-order valence-corrected chi connectivity index (χ0v) is 20.1. The molecule has 0 radical (unpaired) electrons. The fourth-order valence-corrected chi connectivity index (χ4v) is 4.17. The molecule has 180 valence electrons. The second-order valence-electron chi connectivity index (χ2n) is 8.78. The van der Waals surface area contributed by atoms with Crippen LogP contribution in [0.1, 0.15) is 31.8 Å². The molecule has 0 bridgehead atoms. The van der Waals surface area contributed by atoms with E-state index in [2.05, 4.69) is 15.5 Å². The summed E-state index contributed by atoms with van der Waals surface area (Å²) in [5.41, 5.74) is 4.74. The number of piperazine rings is 1. The van der Waals surface area contributed by atoms with E-state index < -0.39 is 0 Å². The molecule has 1 aliphatic heterocycles. The predicted molar refractivity (Wildman–Crippen MR) is 138 cm³/mol. The highest BCUT2D eigenvalue weighted by molar-refractivity contribution is 6.04. The number of amides is 3. The van der Waals surface area contributed by atoms with E-state index in [4.69, 9.17) is 0 Å². The molecule has 1 aliphatic rings. The second kappa shape index (κ2) is 11.0. The van der Waals surface area contributed by atoms with Gasteiger partial charge in [-0.2, -0.15) is 0 Å². The van der Waals surface area contributed by atoms with E-state index in [0.29, 0.717) is 49.5 Å². The zero-order valence-electron chi connectivity index (χ0n) is 20.1. The summed E-state index contributed by atoms with van der Waals surface area (Å²) in [6.07, 6.45) is 0. The molecule has 0 aliphatic carbocycles. The van der Waals surface area contributed by atoms with E-state index in [-0.39, 0.29) is 17.7 Å². The molecule has 0 aromatic heterocycles. The molecule has 0 saturated carbocycles. The second-order valence-corrected chi connectivity index (χ2v) is 8.78. The lowest BCUT2D eigenvalue weighted by molar-refractivity contribution is -0.117. The van der Waals surface area contributed by atoms with Crippen molar-refractivity contribution in [2.45, 2.75) is 13.8 Å². The molecule has 1 fully saturated rings. The van der Waals surface area contributed by atoms with Gasteiger partial charge in [0.25, 0.3) is 11.8 Å². The van der Waals surface area contributed by atoms with Gasteiger partial charge in [0.05, 0.1) is 6.54 Å². The summed E-state index contributed by atoms with van der Waals surface area (Å²) in [6, 6.07) is 21.9. The van der Waals surface area contributed by atoms with Crippen LogP contribution in [-0.2, 0) is 4.79 Å². The SMILES string of the molecule is Cc1cccc(C)c1NC(=O)CN1CCN(C(=O)c2ccc(NC(=O)c3ccccc3)cc2)CC1. The van der Waals surface area contributed by atoms with Gasteiger partial charge in [-0.25, -0.2) is 0 Å². The molecule has 3 aromatic carbocycles. The number of para-hydroxylation sites is 1. The Kier molecular flexibility index (Phi) is 7.57. The molecule has 1 heterocycles. The van der Waals surface area contributed by atoms with Crippen molar-refractivity contribution in [2.24, 2.45) is 0 Å². The van der Waals surface area contributed by atoms with Gasteiger partial charge in [-0.15, -0.1) is 0 Å². The standard InChI is InChI=1S/C28H30N4O3/c1-20-7-6-8-21(2)26(20)30-25(33)19-31-15-17-32(18-16-31)28(35)23-11-13-24(14-12-23)29-27(34)22-9-4-3-5-10-22/h3-14H,15-19H2,1-2H3,(H,29,34)(H,30,33). The number of benzene rings is 3. The number of nitrogens with one attached hydrogen (secondary N) is 2. The van der Waals surface area contributed by atoms with E-state index in [1.54, 1.807) is 41.3 Å². The Morgan fingerprint density at radius 1 is 0.714 bits per heavy atom. The quantitative estimate of drug-likeness (QED) is 0.572. The fourth-order valence-electron chi connectivity index (χ4n) is 4.17. The number of nitrogens with zero attached hydrogens (tertiary/aromatic N) is 2. The highest BCUT2D eigenvalue weighted by Crippen LogP contribution is 2.19. The first-order valence-corrected chi connectivity index (χ1v) is 11.7. The van der Waals surface area contributed by atoms with Crippen molar-refractivity contribution in [3.05, 3.63) is 95.1 Å². The maximum atomic E-state index is 12.9. The van der Waals surface area contributed by atoms with Crippen molar-refractivity contribution < 1.29 is 14.4 Å². The number of anilines is 2. The minimum absolute atomic E-state index is 0.0460. The first-order valence-electron chi connectivity index (χ1n) is 11.7. The van der Waals surface area contributed by atoms with Gasteiger partial charge in [-0.1, -0.05) is 36.4 Å². The van der Waals surface area contributed by atoms with Crippen LogP contribution in [-0.4, -0.2) is 60.2 Å². The molecule has 0 unspecified atom stereocenters. The highest BCUT2D eigenvalue weighted by Gasteiger charge is 2.23. The number of hydrogen-bond donors (Lipinski definition) is 2. The molecule has 7 nitrogen and oxygen atoms in total. The lowest BCUT2D eigenvalue weighted by atomic mass is 10.1. The fraction of sp³-hybridized carbons (Fsp3) is 0.250. The summed E-state index contributed by atoms with van der Waals surface area (Å²) in [5.74, 6) is -0.289. The number of carbonyl (C=O) groups excluding carboxylic acids is 3. The third-order valence-corrected chi connectivity index (χ3v) is 6.20. The van der Waals surface area contributed by atoms with Gasteiger partial charge in [0, 0.05) is 48.7 Å². The molecular formula is C28H30N4O3. The molecule has 7 heteroatoms. The number of hydrogen-bond acceptors (Lipinski definition) is 4. The summed E-state index contributed by atoms with van der Waals surface area (Å²) in [6.45, 7) is 6.65. The van der Waals surface area contributed by atoms with Gasteiger partial charge in [0.15, 0.2) is 0 Å². The summed E-state index contributed by atoms with van der Waals surface area (Å²) in [4.78, 5) is 41.7. The van der Waals surface area contributed by atoms with Gasteiger partial charge in [-0.05, 0) is 61.4 Å². The van der Waals surface area contributed by atoms with Crippen molar-refractivity contribution in [1.29, 1.82) is 0 Å². The molecule has 0 spiro atoms. The summed E-state index contributed by atoms with van der Waals surface area (Å²) in [7, 11) is 0. The van der Waals surface area contributed by atoms with E-state index in [1.807, 2.05) is 50.2 Å². The van der Waals surface area contributed by atoms with Gasteiger partial charge >= 0.3 is 0 Å².